The summed E-state index contributed by atoms with van der Waals surface area (Å²) in [5.74, 6) is 4.79. The van der Waals surface area contributed by atoms with Gasteiger partial charge in [0.25, 0.3) is 5.91 Å². The highest BCUT2D eigenvalue weighted by Gasteiger charge is 2.07. The lowest BCUT2D eigenvalue weighted by Gasteiger charge is -2.02. The van der Waals surface area contributed by atoms with Crippen LogP contribution in [0.1, 0.15) is 34.5 Å². The molecule has 0 spiro atoms. The molecule has 0 atom stereocenters. The molecule has 2 amide bonds. The highest BCUT2D eigenvalue weighted by molar-refractivity contribution is 7.10. The highest BCUT2D eigenvalue weighted by atomic mass is 32.1. The van der Waals surface area contributed by atoms with Crippen LogP contribution in [0.3, 0.4) is 0 Å². The monoisotopic (exact) mass is 280 g/mol. The Kier molecular flexibility index (Phi) is 6.64. The quantitative estimate of drug-likeness (QED) is 0.522. The lowest BCUT2D eigenvalue weighted by Crippen LogP contribution is -2.24. The van der Waals surface area contributed by atoms with Crippen molar-refractivity contribution >= 4 is 23.2 Å². The number of aliphatic hydroxyl groups excluding tert-OH is 1. The largest absolute Gasteiger partial charge is 0.384 e. The van der Waals surface area contributed by atoms with Gasteiger partial charge < -0.3 is 16.2 Å². The molecule has 0 radical (unpaired) electrons. The third-order valence-electron chi connectivity index (χ3n) is 2.29. The minimum Gasteiger partial charge on any atom is -0.384 e. The fourth-order valence-corrected chi connectivity index (χ4v) is 2.13. The van der Waals surface area contributed by atoms with Crippen LogP contribution in [0.2, 0.25) is 0 Å². The molecule has 4 N–H and O–H groups in total. The standard InChI is InChI=1S/C13H16N2O3S/c14-12(17)5-1-2-6-15-13(18)10-8-11(19-9-10)4-3-7-16/h8-9,16H,1-2,5-7H2,(H2,14,17)(H,15,18). The van der Waals surface area contributed by atoms with E-state index in [1.807, 2.05) is 0 Å². The molecular weight excluding hydrogens is 264 g/mol. The van der Waals surface area contributed by atoms with Crippen LogP contribution in [0.4, 0.5) is 0 Å². The molecule has 0 unspecified atom stereocenters. The minimum atomic E-state index is -0.323. The third-order valence-corrected chi connectivity index (χ3v) is 3.13. The molecule has 1 aromatic heterocycles. The molecule has 0 aliphatic rings. The number of amides is 2. The number of rotatable bonds is 6. The molecule has 1 aromatic rings. The van der Waals surface area contributed by atoms with Crippen LogP contribution in [0.5, 0.6) is 0 Å². The molecule has 102 valence electrons. The van der Waals surface area contributed by atoms with Crippen LogP contribution < -0.4 is 11.1 Å². The number of nitrogens with one attached hydrogen (secondary N) is 1. The first-order valence-corrected chi connectivity index (χ1v) is 6.76. The maximum absolute atomic E-state index is 11.7. The molecule has 0 fully saturated rings. The molecule has 0 saturated heterocycles. The van der Waals surface area contributed by atoms with Crippen LogP contribution >= 0.6 is 11.3 Å². The van der Waals surface area contributed by atoms with Crippen molar-refractivity contribution in [2.75, 3.05) is 13.2 Å². The second kappa shape index (κ2) is 8.29. The lowest BCUT2D eigenvalue weighted by molar-refractivity contribution is -0.118. The van der Waals surface area contributed by atoms with Gasteiger partial charge in [-0.05, 0) is 18.9 Å². The van der Waals surface area contributed by atoms with Crippen molar-refractivity contribution in [2.24, 2.45) is 5.73 Å². The van der Waals surface area contributed by atoms with Gasteiger partial charge in [-0.2, -0.15) is 0 Å². The Morgan fingerprint density at radius 1 is 1.42 bits per heavy atom. The zero-order valence-electron chi connectivity index (χ0n) is 10.4. The van der Waals surface area contributed by atoms with Crippen LogP contribution in [-0.4, -0.2) is 30.1 Å². The number of unbranched alkanes of at least 4 members (excludes halogenated alkanes) is 1. The Bertz CT molecular complexity index is 499. The summed E-state index contributed by atoms with van der Waals surface area (Å²) in [7, 11) is 0. The maximum Gasteiger partial charge on any atom is 0.252 e. The second-order valence-electron chi connectivity index (χ2n) is 3.84. The van der Waals surface area contributed by atoms with Gasteiger partial charge in [0, 0.05) is 18.3 Å². The normalized spacial score (nSPS) is 9.53. The summed E-state index contributed by atoms with van der Waals surface area (Å²) in [5.41, 5.74) is 5.57. The van der Waals surface area contributed by atoms with E-state index >= 15 is 0 Å². The first-order valence-electron chi connectivity index (χ1n) is 5.88. The Morgan fingerprint density at radius 3 is 2.89 bits per heavy atom. The average Bonchev–Trinajstić information content (AvgIpc) is 2.84. The molecule has 0 bridgehead atoms. The highest BCUT2D eigenvalue weighted by Crippen LogP contribution is 2.13. The summed E-state index contributed by atoms with van der Waals surface area (Å²) in [5, 5.41) is 13.1. The summed E-state index contributed by atoms with van der Waals surface area (Å²) in [6, 6.07) is 1.69. The third kappa shape index (κ3) is 6.04. The molecule has 1 rings (SSSR count). The van der Waals surface area contributed by atoms with E-state index in [4.69, 9.17) is 10.8 Å². The van der Waals surface area contributed by atoms with Crippen LogP contribution in [0.25, 0.3) is 0 Å². The fraction of sp³-hybridized carbons (Fsp3) is 0.385. The van der Waals surface area contributed by atoms with E-state index < -0.39 is 0 Å². The van der Waals surface area contributed by atoms with Gasteiger partial charge in [-0.25, -0.2) is 0 Å². The maximum atomic E-state index is 11.7. The van der Waals surface area contributed by atoms with E-state index in [-0.39, 0.29) is 18.4 Å². The fourth-order valence-electron chi connectivity index (χ4n) is 1.38. The van der Waals surface area contributed by atoms with Crippen molar-refractivity contribution in [3.05, 3.63) is 21.9 Å². The predicted octanol–water partition coefficient (Wildman–Crippen LogP) is 0.477. The molecule has 0 saturated carbocycles. The van der Waals surface area contributed by atoms with Crippen molar-refractivity contribution in [3.63, 3.8) is 0 Å². The number of hydrogen-bond donors (Lipinski definition) is 3. The minimum absolute atomic E-state index is 0.160. The van der Waals surface area contributed by atoms with Gasteiger partial charge in [-0.15, -0.1) is 11.3 Å². The van der Waals surface area contributed by atoms with Crippen LogP contribution in [-0.2, 0) is 4.79 Å². The van der Waals surface area contributed by atoms with Crippen LogP contribution in [0, 0.1) is 11.8 Å². The average molecular weight is 280 g/mol. The Balaban J connectivity index is 2.33. The first kappa shape index (κ1) is 15.2. The van der Waals surface area contributed by atoms with Crippen molar-refractivity contribution in [3.8, 4) is 11.8 Å². The topological polar surface area (TPSA) is 92.4 Å². The Hall–Kier alpha value is -1.84. The van der Waals surface area contributed by atoms with Crippen molar-refractivity contribution in [1.29, 1.82) is 0 Å². The smallest absolute Gasteiger partial charge is 0.252 e. The van der Waals surface area contributed by atoms with Gasteiger partial charge in [0.15, 0.2) is 0 Å². The summed E-state index contributed by atoms with van der Waals surface area (Å²) >= 11 is 1.36. The number of aliphatic hydroxyl groups is 1. The zero-order chi connectivity index (χ0) is 14.1. The van der Waals surface area contributed by atoms with E-state index in [0.717, 1.165) is 11.3 Å². The van der Waals surface area contributed by atoms with Crippen molar-refractivity contribution < 1.29 is 14.7 Å². The molecule has 19 heavy (non-hydrogen) atoms. The molecular formula is C13H16N2O3S. The summed E-state index contributed by atoms with van der Waals surface area (Å²) in [6.07, 6.45) is 1.73. The summed E-state index contributed by atoms with van der Waals surface area (Å²) in [6.45, 7) is 0.318. The van der Waals surface area contributed by atoms with Gasteiger partial charge in [0.2, 0.25) is 5.91 Å². The molecule has 0 aliphatic carbocycles. The summed E-state index contributed by atoms with van der Waals surface area (Å²) in [4.78, 5) is 23.0. The molecule has 0 aliphatic heterocycles. The predicted molar refractivity (Wildman–Crippen MR) is 73.7 cm³/mol. The first-order chi connectivity index (χ1) is 9.13. The molecule has 0 aromatic carbocycles. The summed E-state index contributed by atoms with van der Waals surface area (Å²) < 4.78 is 0. The van der Waals surface area contributed by atoms with E-state index in [9.17, 15) is 9.59 Å². The lowest BCUT2D eigenvalue weighted by atomic mass is 10.2. The number of carbonyl (C=O) groups excluding carboxylic acids is 2. The van der Waals surface area contributed by atoms with Gasteiger partial charge in [-0.3, -0.25) is 9.59 Å². The van der Waals surface area contributed by atoms with E-state index in [1.54, 1.807) is 11.4 Å². The zero-order valence-corrected chi connectivity index (χ0v) is 11.3. The van der Waals surface area contributed by atoms with E-state index in [2.05, 4.69) is 17.2 Å². The van der Waals surface area contributed by atoms with Gasteiger partial charge in [0.1, 0.15) is 6.61 Å². The van der Waals surface area contributed by atoms with E-state index in [0.29, 0.717) is 24.9 Å². The van der Waals surface area contributed by atoms with Crippen molar-refractivity contribution in [2.45, 2.75) is 19.3 Å². The Labute approximate surface area is 115 Å². The Morgan fingerprint density at radius 2 is 2.21 bits per heavy atom. The number of hydrogen-bond acceptors (Lipinski definition) is 4. The number of carbonyl (C=O) groups is 2. The van der Waals surface area contributed by atoms with Crippen molar-refractivity contribution in [1.82, 2.24) is 5.32 Å². The number of primary amides is 1. The van der Waals surface area contributed by atoms with Gasteiger partial charge in [-0.1, -0.05) is 11.8 Å². The van der Waals surface area contributed by atoms with Gasteiger partial charge in [0.05, 0.1) is 10.4 Å². The number of thiophene rings is 1. The molecule has 5 nitrogen and oxygen atoms in total. The SMILES string of the molecule is NC(=O)CCCCNC(=O)c1csc(C#CCO)c1. The van der Waals surface area contributed by atoms with E-state index in [1.165, 1.54) is 11.3 Å². The number of nitrogens with two attached hydrogens (primary N) is 1. The second-order valence-corrected chi connectivity index (χ2v) is 4.75. The van der Waals surface area contributed by atoms with Gasteiger partial charge >= 0.3 is 0 Å². The van der Waals surface area contributed by atoms with Crippen LogP contribution in [0.15, 0.2) is 11.4 Å². The molecule has 1 heterocycles. The molecule has 6 heteroatoms.